The maximum atomic E-state index is 12.5. The molecule has 1 N–H and O–H groups in total. The average molecular weight is 422 g/mol. The molecule has 0 saturated carbocycles. The van der Waals surface area contributed by atoms with Crippen LogP contribution in [0, 0.1) is 0 Å². The number of carbonyl (C=O) groups excluding carboxylic acids is 1. The van der Waals surface area contributed by atoms with E-state index in [2.05, 4.69) is 15.2 Å². The molecule has 1 amide bonds. The minimum Gasteiger partial charge on any atom is -0.496 e. The van der Waals surface area contributed by atoms with E-state index >= 15 is 0 Å². The molecular formula is C23H26N4O4. The molecule has 162 valence electrons. The second kappa shape index (κ2) is 8.39. The Kier molecular flexibility index (Phi) is 5.65. The van der Waals surface area contributed by atoms with Crippen LogP contribution in [0.4, 0.5) is 0 Å². The van der Waals surface area contributed by atoms with Crippen LogP contribution in [-0.2, 0) is 18.4 Å². The number of hydrogen-bond donors (Lipinski definition) is 1. The fourth-order valence-corrected chi connectivity index (χ4v) is 4.13. The molecule has 1 fully saturated rings. The van der Waals surface area contributed by atoms with Crippen LogP contribution < -0.4 is 20.3 Å². The van der Waals surface area contributed by atoms with E-state index in [-0.39, 0.29) is 17.5 Å². The lowest BCUT2D eigenvalue weighted by molar-refractivity contribution is -0.130. The van der Waals surface area contributed by atoms with Crippen molar-refractivity contribution in [3.05, 3.63) is 52.7 Å². The Hall–Kier alpha value is -3.39. The van der Waals surface area contributed by atoms with Gasteiger partial charge >= 0.3 is 0 Å². The van der Waals surface area contributed by atoms with Gasteiger partial charge in [0.1, 0.15) is 11.5 Å². The van der Waals surface area contributed by atoms with Crippen molar-refractivity contribution in [1.82, 2.24) is 19.8 Å². The van der Waals surface area contributed by atoms with E-state index in [9.17, 15) is 9.59 Å². The number of aromatic nitrogens is 2. The Morgan fingerprint density at radius 2 is 1.94 bits per heavy atom. The van der Waals surface area contributed by atoms with Crippen molar-refractivity contribution in [2.24, 2.45) is 7.05 Å². The third kappa shape index (κ3) is 3.63. The van der Waals surface area contributed by atoms with E-state index in [1.54, 1.807) is 45.3 Å². The molecule has 8 heteroatoms. The molecule has 4 rings (SSSR count). The zero-order chi connectivity index (χ0) is 22.1. The number of fused-ring (bicyclic) bond motifs is 1. The highest BCUT2D eigenvalue weighted by atomic mass is 16.5. The van der Waals surface area contributed by atoms with Crippen LogP contribution >= 0.6 is 0 Å². The molecule has 8 nitrogen and oxygen atoms in total. The van der Waals surface area contributed by atoms with Crippen molar-refractivity contribution in [1.29, 1.82) is 0 Å². The van der Waals surface area contributed by atoms with Crippen LogP contribution in [0.5, 0.6) is 11.5 Å². The fourth-order valence-electron chi connectivity index (χ4n) is 4.13. The summed E-state index contributed by atoms with van der Waals surface area (Å²) in [6.45, 7) is 1.38. The Morgan fingerprint density at radius 3 is 2.52 bits per heavy atom. The van der Waals surface area contributed by atoms with Gasteiger partial charge in [-0.1, -0.05) is 0 Å². The van der Waals surface area contributed by atoms with Gasteiger partial charge in [-0.2, -0.15) is 0 Å². The molecule has 2 aromatic heterocycles. The SMILES string of the molecule is CNC(=O)[C@@H]1CCN1Cc1c(OC)cc(-c2cn(C)c(=O)c3cnccc23)cc1OC. The number of carbonyl (C=O) groups is 1. The van der Waals surface area contributed by atoms with Crippen LogP contribution in [0.3, 0.4) is 0 Å². The maximum Gasteiger partial charge on any atom is 0.259 e. The van der Waals surface area contributed by atoms with Crippen LogP contribution in [0.15, 0.2) is 41.6 Å². The van der Waals surface area contributed by atoms with E-state index in [1.807, 2.05) is 24.4 Å². The van der Waals surface area contributed by atoms with Gasteiger partial charge in [0.25, 0.3) is 5.56 Å². The zero-order valence-corrected chi connectivity index (χ0v) is 18.1. The van der Waals surface area contributed by atoms with Crippen LogP contribution in [-0.4, -0.2) is 54.2 Å². The number of rotatable bonds is 6. The number of likely N-dealkylation sites (N-methyl/N-ethyl adjacent to an activating group) is 1. The minimum atomic E-state index is -0.140. The van der Waals surface area contributed by atoms with Crippen molar-refractivity contribution >= 4 is 16.7 Å². The highest BCUT2D eigenvalue weighted by Gasteiger charge is 2.34. The number of amides is 1. The van der Waals surface area contributed by atoms with Gasteiger partial charge in [0, 0.05) is 51.3 Å². The quantitative estimate of drug-likeness (QED) is 0.654. The summed E-state index contributed by atoms with van der Waals surface area (Å²) in [5.41, 5.74) is 2.55. The first-order chi connectivity index (χ1) is 15.0. The number of nitrogens with one attached hydrogen (secondary N) is 1. The molecule has 3 aromatic rings. The smallest absolute Gasteiger partial charge is 0.259 e. The Labute approximate surface area is 180 Å². The molecule has 1 aromatic carbocycles. The van der Waals surface area contributed by atoms with E-state index in [1.165, 1.54) is 0 Å². The monoisotopic (exact) mass is 422 g/mol. The summed E-state index contributed by atoms with van der Waals surface area (Å²) in [5.74, 6) is 1.37. The largest absolute Gasteiger partial charge is 0.496 e. The topological polar surface area (TPSA) is 85.7 Å². The van der Waals surface area contributed by atoms with E-state index < -0.39 is 0 Å². The minimum absolute atomic E-state index is 0.0195. The van der Waals surface area contributed by atoms with E-state index in [0.29, 0.717) is 23.4 Å². The number of ether oxygens (including phenoxy) is 2. The summed E-state index contributed by atoms with van der Waals surface area (Å²) < 4.78 is 13.0. The number of pyridine rings is 2. The molecule has 3 heterocycles. The number of nitrogens with zero attached hydrogens (tertiary/aromatic N) is 3. The normalized spacial score (nSPS) is 16.1. The Bertz CT molecular complexity index is 1180. The third-order valence-corrected chi connectivity index (χ3v) is 5.94. The predicted molar refractivity (Wildman–Crippen MR) is 118 cm³/mol. The molecular weight excluding hydrogens is 396 g/mol. The summed E-state index contributed by atoms with van der Waals surface area (Å²) >= 11 is 0. The first kappa shape index (κ1) is 20.9. The average Bonchev–Trinajstić information content (AvgIpc) is 2.78. The number of benzene rings is 1. The van der Waals surface area contributed by atoms with Gasteiger partial charge in [-0.25, -0.2) is 0 Å². The lowest BCUT2D eigenvalue weighted by atomic mass is 9.97. The fraction of sp³-hybridized carbons (Fsp3) is 0.348. The first-order valence-corrected chi connectivity index (χ1v) is 10.1. The Balaban J connectivity index is 1.81. The molecule has 0 bridgehead atoms. The van der Waals surface area contributed by atoms with Crippen molar-refractivity contribution in [3.8, 4) is 22.6 Å². The highest BCUT2D eigenvalue weighted by Crippen LogP contribution is 2.38. The molecule has 0 spiro atoms. The molecule has 0 aliphatic carbocycles. The molecule has 1 aliphatic rings. The maximum absolute atomic E-state index is 12.5. The van der Waals surface area contributed by atoms with Crippen molar-refractivity contribution in [3.63, 3.8) is 0 Å². The molecule has 31 heavy (non-hydrogen) atoms. The first-order valence-electron chi connectivity index (χ1n) is 10.1. The van der Waals surface area contributed by atoms with Crippen molar-refractivity contribution in [2.75, 3.05) is 27.8 Å². The van der Waals surface area contributed by atoms with E-state index in [0.717, 1.165) is 35.0 Å². The summed E-state index contributed by atoms with van der Waals surface area (Å²) in [5, 5.41) is 4.09. The zero-order valence-electron chi connectivity index (χ0n) is 18.1. The summed E-state index contributed by atoms with van der Waals surface area (Å²) in [6.07, 6.45) is 5.92. The van der Waals surface area contributed by atoms with Gasteiger partial charge in [-0.05, 0) is 35.6 Å². The molecule has 0 radical (unpaired) electrons. The predicted octanol–water partition coefficient (Wildman–Crippen LogP) is 1.94. The number of hydrogen-bond acceptors (Lipinski definition) is 6. The van der Waals surface area contributed by atoms with Crippen LogP contribution in [0.1, 0.15) is 12.0 Å². The molecule has 1 atom stereocenters. The van der Waals surface area contributed by atoms with Gasteiger partial charge in [0.05, 0.1) is 31.2 Å². The van der Waals surface area contributed by atoms with Gasteiger partial charge in [-0.3, -0.25) is 19.5 Å². The number of likely N-dealkylation sites (tertiary alicyclic amines) is 1. The number of aryl methyl sites for hydroxylation is 1. The van der Waals surface area contributed by atoms with Gasteiger partial charge in [0.15, 0.2) is 0 Å². The van der Waals surface area contributed by atoms with Crippen LogP contribution in [0.25, 0.3) is 21.9 Å². The lowest BCUT2D eigenvalue weighted by Gasteiger charge is -2.39. The van der Waals surface area contributed by atoms with Gasteiger partial charge in [0.2, 0.25) is 5.91 Å². The Morgan fingerprint density at radius 1 is 1.23 bits per heavy atom. The summed E-state index contributed by atoms with van der Waals surface area (Å²) in [6, 6.07) is 5.60. The van der Waals surface area contributed by atoms with Crippen LogP contribution in [0.2, 0.25) is 0 Å². The lowest BCUT2D eigenvalue weighted by Crippen LogP contribution is -2.54. The van der Waals surface area contributed by atoms with Crippen molar-refractivity contribution in [2.45, 2.75) is 19.0 Å². The number of methoxy groups -OCH3 is 2. The highest BCUT2D eigenvalue weighted by molar-refractivity contribution is 5.95. The molecule has 0 unspecified atom stereocenters. The van der Waals surface area contributed by atoms with Crippen molar-refractivity contribution < 1.29 is 14.3 Å². The molecule has 1 aliphatic heterocycles. The second-order valence-corrected chi connectivity index (χ2v) is 7.63. The standard InChI is InChI=1S/C23H26N4O4/c1-24-22(28)19-6-8-27(19)13-18-20(30-3)9-14(10-21(18)31-4)17-12-26(2)23(29)16-11-25-7-5-15(16)17/h5,7,9-12,19H,6,8,13H2,1-4H3,(H,24,28)/t19-/m0/s1. The third-order valence-electron chi connectivity index (χ3n) is 5.94. The molecule has 1 saturated heterocycles. The van der Waals surface area contributed by atoms with E-state index in [4.69, 9.17) is 9.47 Å². The summed E-state index contributed by atoms with van der Waals surface area (Å²) in [4.78, 5) is 30.8. The second-order valence-electron chi connectivity index (χ2n) is 7.63. The summed E-state index contributed by atoms with van der Waals surface area (Å²) in [7, 11) is 6.63. The van der Waals surface area contributed by atoms with Gasteiger partial charge in [-0.15, -0.1) is 0 Å². The van der Waals surface area contributed by atoms with Gasteiger partial charge < -0.3 is 19.4 Å².